The molecule has 0 saturated carbocycles. The van der Waals surface area contributed by atoms with E-state index < -0.39 is 0 Å². The van der Waals surface area contributed by atoms with E-state index in [1.165, 1.54) is 12.0 Å². The highest BCUT2D eigenvalue weighted by atomic mass is 35.5. The lowest BCUT2D eigenvalue weighted by Gasteiger charge is -2.31. The fourth-order valence-corrected chi connectivity index (χ4v) is 2.71. The van der Waals surface area contributed by atoms with Gasteiger partial charge in [-0.1, -0.05) is 29.8 Å². The standard InChI is InChI=1S/C13H19ClN2/c1-13(2,16-10-7-8-15-9-10)11-5-3-4-6-12(11)14/h3-6,10,15-16H,7-9H2,1-2H3. The van der Waals surface area contributed by atoms with E-state index in [2.05, 4.69) is 30.5 Å². The predicted octanol–water partition coefficient (Wildman–Crippen LogP) is 2.53. The van der Waals surface area contributed by atoms with Gasteiger partial charge >= 0.3 is 0 Å². The molecule has 1 fully saturated rings. The second-order valence-corrected chi connectivity index (χ2v) is 5.35. The fraction of sp³-hybridized carbons (Fsp3) is 0.538. The summed E-state index contributed by atoms with van der Waals surface area (Å²) in [6.07, 6.45) is 1.19. The van der Waals surface area contributed by atoms with Gasteiger partial charge in [-0.3, -0.25) is 0 Å². The molecule has 2 nitrogen and oxygen atoms in total. The summed E-state index contributed by atoms with van der Waals surface area (Å²) in [4.78, 5) is 0. The summed E-state index contributed by atoms with van der Waals surface area (Å²) >= 11 is 6.24. The highest BCUT2D eigenvalue weighted by Gasteiger charge is 2.27. The molecule has 0 bridgehead atoms. The fourth-order valence-electron chi connectivity index (χ4n) is 2.33. The Morgan fingerprint density at radius 2 is 2.12 bits per heavy atom. The first kappa shape index (κ1) is 11.9. The van der Waals surface area contributed by atoms with Crippen LogP contribution in [0, 0.1) is 0 Å². The number of hydrogen-bond donors (Lipinski definition) is 2. The molecule has 1 atom stereocenters. The van der Waals surface area contributed by atoms with Crippen LogP contribution in [0.25, 0.3) is 0 Å². The first-order chi connectivity index (χ1) is 7.59. The van der Waals surface area contributed by atoms with Crippen molar-refractivity contribution >= 4 is 11.6 Å². The molecule has 0 spiro atoms. The Morgan fingerprint density at radius 3 is 2.75 bits per heavy atom. The quantitative estimate of drug-likeness (QED) is 0.846. The third-order valence-electron chi connectivity index (χ3n) is 3.17. The summed E-state index contributed by atoms with van der Waals surface area (Å²) in [6, 6.07) is 8.60. The summed E-state index contributed by atoms with van der Waals surface area (Å²) in [5.74, 6) is 0. The maximum absolute atomic E-state index is 6.24. The van der Waals surface area contributed by atoms with Gasteiger partial charge < -0.3 is 10.6 Å². The summed E-state index contributed by atoms with van der Waals surface area (Å²) in [5, 5.41) is 7.87. The van der Waals surface area contributed by atoms with Crippen molar-refractivity contribution in [2.45, 2.75) is 31.8 Å². The van der Waals surface area contributed by atoms with Crippen LogP contribution in [-0.2, 0) is 5.54 Å². The zero-order chi connectivity index (χ0) is 11.6. The van der Waals surface area contributed by atoms with Gasteiger partial charge in [0.25, 0.3) is 0 Å². The van der Waals surface area contributed by atoms with Crippen molar-refractivity contribution < 1.29 is 0 Å². The molecule has 88 valence electrons. The molecule has 16 heavy (non-hydrogen) atoms. The molecular formula is C13H19ClN2. The Labute approximate surface area is 102 Å². The van der Waals surface area contributed by atoms with E-state index in [9.17, 15) is 0 Å². The van der Waals surface area contributed by atoms with Crippen molar-refractivity contribution in [3.63, 3.8) is 0 Å². The summed E-state index contributed by atoms with van der Waals surface area (Å²) in [6.45, 7) is 6.53. The largest absolute Gasteiger partial charge is 0.315 e. The van der Waals surface area contributed by atoms with Gasteiger partial charge in [0.15, 0.2) is 0 Å². The molecule has 1 unspecified atom stereocenters. The zero-order valence-electron chi connectivity index (χ0n) is 9.89. The lowest BCUT2D eigenvalue weighted by atomic mass is 9.93. The van der Waals surface area contributed by atoms with Gasteiger partial charge in [-0.25, -0.2) is 0 Å². The van der Waals surface area contributed by atoms with Crippen LogP contribution in [0.4, 0.5) is 0 Å². The molecule has 0 amide bonds. The van der Waals surface area contributed by atoms with E-state index in [4.69, 9.17) is 11.6 Å². The molecule has 1 saturated heterocycles. The summed E-state index contributed by atoms with van der Waals surface area (Å²) < 4.78 is 0. The van der Waals surface area contributed by atoms with Gasteiger partial charge in [0.05, 0.1) is 0 Å². The molecule has 1 aromatic carbocycles. The minimum Gasteiger partial charge on any atom is -0.315 e. The minimum absolute atomic E-state index is 0.0744. The lowest BCUT2D eigenvalue weighted by molar-refractivity contribution is 0.352. The monoisotopic (exact) mass is 238 g/mol. The van der Waals surface area contributed by atoms with E-state index in [1.54, 1.807) is 0 Å². The minimum atomic E-state index is -0.0744. The maximum Gasteiger partial charge on any atom is 0.0456 e. The summed E-state index contributed by atoms with van der Waals surface area (Å²) in [5.41, 5.74) is 1.10. The molecule has 1 aromatic rings. The predicted molar refractivity (Wildman–Crippen MR) is 68.9 cm³/mol. The molecule has 1 heterocycles. The summed E-state index contributed by atoms with van der Waals surface area (Å²) in [7, 11) is 0. The van der Waals surface area contributed by atoms with Crippen molar-refractivity contribution in [1.82, 2.24) is 10.6 Å². The molecule has 0 radical (unpaired) electrons. The number of rotatable bonds is 3. The number of hydrogen-bond acceptors (Lipinski definition) is 2. The molecule has 1 aliphatic rings. The SMILES string of the molecule is CC(C)(NC1CCNC1)c1ccccc1Cl. The lowest BCUT2D eigenvalue weighted by Crippen LogP contribution is -2.44. The van der Waals surface area contributed by atoms with Crippen molar-refractivity contribution in [3.8, 4) is 0 Å². The highest BCUT2D eigenvalue weighted by Crippen LogP contribution is 2.28. The Kier molecular flexibility index (Phi) is 3.53. The molecular weight excluding hydrogens is 220 g/mol. The van der Waals surface area contributed by atoms with E-state index in [0.29, 0.717) is 6.04 Å². The Bertz CT molecular complexity index is 357. The molecule has 1 aliphatic heterocycles. The zero-order valence-corrected chi connectivity index (χ0v) is 10.6. The van der Waals surface area contributed by atoms with Crippen LogP contribution in [0.3, 0.4) is 0 Å². The Hall–Kier alpha value is -0.570. The van der Waals surface area contributed by atoms with Crippen molar-refractivity contribution in [1.29, 1.82) is 0 Å². The van der Waals surface area contributed by atoms with Crippen LogP contribution < -0.4 is 10.6 Å². The van der Waals surface area contributed by atoms with Gasteiger partial charge in [0.1, 0.15) is 0 Å². The van der Waals surface area contributed by atoms with Crippen LogP contribution in [0.15, 0.2) is 24.3 Å². The van der Waals surface area contributed by atoms with Gasteiger partial charge in [0, 0.05) is 23.1 Å². The van der Waals surface area contributed by atoms with Crippen LogP contribution >= 0.6 is 11.6 Å². The van der Waals surface area contributed by atoms with E-state index in [-0.39, 0.29) is 5.54 Å². The molecule has 2 N–H and O–H groups in total. The van der Waals surface area contributed by atoms with Gasteiger partial charge in [-0.15, -0.1) is 0 Å². The first-order valence-electron chi connectivity index (χ1n) is 5.83. The first-order valence-corrected chi connectivity index (χ1v) is 6.21. The van der Waals surface area contributed by atoms with Crippen molar-refractivity contribution in [3.05, 3.63) is 34.9 Å². The second-order valence-electron chi connectivity index (χ2n) is 4.94. The van der Waals surface area contributed by atoms with Crippen LogP contribution in [0.2, 0.25) is 5.02 Å². The van der Waals surface area contributed by atoms with Crippen LogP contribution in [-0.4, -0.2) is 19.1 Å². The Morgan fingerprint density at radius 1 is 1.38 bits per heavy atom. The normalized spacial score (nSPS) is 21.3. The molecule has 2 rings (SSSR count). The van der Waals surface area contributed by atoms with Crippen LogP contribution in [0.1, 0.15) is 25.8 Å². The average molecular weight is 239 g/mol. The van der Waals surface area contributed by atoms with E-state index >= 15 is 0 Å². The van der Waals surface area contributed by atoms with E-state index in [1.807, 2.05) is 18.2 Å². The molecule has 0 aliphatic carbocycles. The molecule has 3 heteroatoms. The average Bonchev–Trinajstić information content (AvgIpc) is 2.70. The smallest absolute Gasteiger partial charge is 0.0456 e. The third kappa shape index (κ3) is 2.57. The maximum atomic E-state index is 6.24. The topological polar surface area (TPSA) is 24.1 Å². The Balaban J connectivity index is 2.14. The highest BCUT2D eigenvalue weighted by molar-refractivity contribution is 6.31. The third-order valence-corrected chi connectivity index (χ3v) is 3.50. The molecule has 0 aromatic heterocycles. The van der Waals surface area contributed by atoms with Gasteiger partial charge in [-0.05, 0) is 38.4 Å². The van der Waals surface area contributed by atoms with Crippen LogP contribution in [0.5, 0.6) is 0 Å². The van der Waals surface area contributed by atoms with Crippen molar-refractivity contribution in [2.75, 3.05) is 13.1 Å². The van der Waals surface area contributed by atoms with Gasteiger partial charge in [-0.2, -0.15) is 0 Å². The van der Waals surface area contributed by atoms with Gasteiger partial charge in [0.2, 0.25) is 0 Å². The number of halogens is 1. The van der Waals surface area contributed by atoms with Crippen molar-refractivity contribution in [2.24, 2.45) is 0 Å². The van der Waals surface area contributed by atoms with E-state index in [0.717, 1.165) is 18.1 Å². The number of benzene rings is 1. The second kappa shape index (κ2) is 4.74. The number of nitrogens with one attached hydrogen (secondary N) is 2.